The van der Waals surface area contributed by atoms with E-state index in [1.165, 1.54) is 50.6 Å². The first kappa shape index (κ1) is 12.7. The normalized spacial score (nSPS) is 38.3. The molecule has 3 N–H and O–H groups in total. The second-order valence-electron chi connectivity index (χ2n) is 7.76. The van der Waals surface area contributed by atoms with Gasteiger partial charge in [-0.05, 0) is 79.4 Å². The minimum Gasteiger partial charge on any atom is -0.399 e. The highest BCUT2D eigenvalue weighted by atomic mass is 14.9. The Kier molecular flexibility index (Phi) is 3.03. The van der Waals surface area contributed by atoms with Crippen LogP contribution in [0.4, 0.5) is 5.69 Å². The van der Waals surface area contributed by atoms with Gasteiger partial charge >= 0.3 is 0 Å². The average molecular weight is 270 g/mol. The van der Waals surface area contributed by atoms with Crippen molar-refractivity contribution < 1.29 is 0 Å². The molecular weight excluding hydrogens is 244 g/mol. The van der Waals surface area contributed by atoms with E-state index >= 15 is 0 Å². The van der Waals surface area contributed by atoms with E-state index in [-0.39, 0.29) is 0 Å². The van der Waals surface area contributed by atoms with Crippen LogP contribution >= 0.6 is 0 Å². The molecule has 4 fully saturated rings. The van der Waals surface area contributed by atoms with Gasteiger partial charge in [0, 0.05) is 18.8 Å². The molecule has 4 saturated carbocycles. The van der Waals surface area contributed by atoms with Crippen LogP contribution in [-0.2, 0) is 6.54 Å². The minimum atomic E-state index is 0.641. The van der Waals surface area contributed by atoms with E-state index in [0.29, 0.717) is 5.41 Å². The standard InChI is InChI=1S/C18H26N2/c19-17-3-1-13(2-4-17)11-20-12-18-8-14-5-15(9-18)7-16(6-14)10-18/h1-4,14-16,20H,5-12,19H2. The van der Waals surface area contributed by atoms with Gasteiger partial charge in [-0.25, -0.2) is 0 Å². The summed E-state index contributed by atoms with van der Waals surface area (Å²) < 4.78 is 0. The quantitative estimate of drug-likeness (QED) is 0.821. The van der Waals surface area contributed by atoms with Crippen molar-refractivity contribution in [2.45, 2.75) is 45.1 Å². The number of nitrogens with two attached hydrogens (primary N) is 1. The fraction of sp³-hybridized carbons (Fsp3) is 0.667. The summed E-state index contributed by atoms with van der Waals surface area (Å²) >= 11 is 0. The van der Waals surface area contributed by atoms with Crippen LogP contribution in [0.5, 0.6) is 0 Å². The number of nitrogens with one attached hydrogen (secondary N) is 1. The van der Waals surface area contributed by atoms with E-state index in [1.807, 2.05) is 12.1 Å². The van der Waals surface area contributed by atoms with Crippen molar-refractivity contribution in [2.75, 3.05) is 12.3 Å². The van der Waals surface area contributed by atoms with Gasteiger partial charge in [0.15, 0.2) is 0 Å². The van der Waals surface area contributed by atoms with E-state index < -0.39 is 0 Å². The van der Waals surface area contributed by atoms with E-state index in [0.717, 1.165) is 30.0 Å². The van der Waals surface area contributed by atoms with Crippen LogP contribution in [0.25, 0.3) is 0 Å². The predicted octanol–water partition coefficient (Wildman–Crippen LogP) is 3.57. The zero-order valence-corrected chi connectivity index (χ0v) is 12.3. The summed E-state index contributed by atoms with van der Waals surface area (Å²) in [5.41, 5.74) is 8.59. The van der Waals surface area contributed by atoms with Gasteiger partial charge in [0.25, 0.3) is 0 Å². The molecule has 0 unspecified atom stereocenters. The first-order chi connectivity index (χ1) is 9.71. The maximum absolute atomic E-state index is 5.74. The van der Waals surface area contributed by atoms with Gasteiger partial charge in [-0.1, -0.05) is 12.1 Å². The van der Waals surface area contributed by atoms with Crippen LogP contribution in [0.1, 0.15) is 44.1 Å². The van der Waals surface area contributed by atoms with Crippen molar-refractivity contribution in [1.82, 2.24) is 5.32 Å². The van der Waals surface area contributed by atoms with Crippen molar-refractivity contribution >= 4 is 5.69 Å². The van der Waals surface area contributed by atoms with Crippen molar-refractivity contribution in [3.05, 3.63) is 29.8 Å². The maximum Gasteiger partial charge on any atom is 0.0314 e. The molecule has 5 rings (SSSR count). The molecule has 0 aromatic heterocycles. The Morgan fingerprint density at radius 2 is 1.50 bits per heavy atom. The van der Waals surface area contributed by atoms with Crippen molar-refractivity contribution in [3.8, 4) is 0 Å². The molecule has 0 atom stereocenters. The number of hydrogen-bond acceptors (Lipinski definition) is 2. The topological polar surface area (TPSA) is 38.0 Å². The number of benzene rings is 1. The van der Waals surface area contributed by atoms with Crippen LogP contribution in [0, 0.1) is 23.2 Å². The third-order valence-corrected chi connectivity index (χ3v) is 5.97. The first-order valence-corrected chi connectivity index (χ1v) is 8.26. The number of rotatable bonds is 4. The third kappa shape index (κ3) is 2.35. The smallest absolute Gasteiger partial charge is 0.0314 e. The molecule has 0 saturated heterocycles. The molecule has 1 aromatic carbocycles. The van der Waals surface area contributed by atoms with Gasteiger partial charge in [0.2, 0.25) is 0 Å². The molecule has 0 radical (unpaired) electrons. The van der Waals surface area contributed by atoms with Crippen LogP contribution in [-0.4, -0.2) is 6.54 Å². The monoisotopic (exact) mass is 270 g/mol. The summed E-state index contributed by atoms with van der Waals surface area (Å²) in [5, 5.41) is 3.74. The molecular formula is C18H26N2. The largest absolute Gasteiger partial charge is 0.399 e. The second-order valence-corrected chi connectivity index (χ2v) is 7.76. The first-order valence-electron chi connectivity index (χ1n) is 8.26. The molecule has 108 valence electrons. The van der Waals surface area contributed by atoms with Crippen LogP contribution in [0.3, 0.4) is 0 Å². The highest BCUT2D eigenvalue weighted by molar-refractivity contribution is 5.39. The highest BCUT2D eigenvalue weighted by Gasteiger charge is 2.50. The van der Waals surface area contributed by atoms with Crippen molar-refractivity contribution in [2.24, 2.45) is 23.2 Å². The summed E-state index contributed by atoms with van der Waals surface area (Å²) in [6.07, 6.45) is 9.10. The summed E-state index contributed by atoms with van der Waals surface area (Å²) in [7, 11) is 0. The molecule has 2 nitrogen and oxygen atoms in total. The van der Waals surface area contributed by atoms with E-state index in [2.05, 4.69) is 17.4 Å². The van der Waals surface area contributed by atoms with E-state index in [9.17, 15) is 0 Å². The van der Waals surface area contributed by atoms with Crippen molar-refractivity contribution in [1.29, 1.82) is 0 Å². The Balaban J connectivity index is 1.36. The molecule has 4 aliphatic rings. The van der Waals surface area contributed by atoms with Gasteiger partial charge in [0.1, 0.15) is 0 Å². The molecule has 1 aromatic rings. The summed E-state index contributed by atoms with van der Waals surface area (Å²) in [6.45, 7) is 2.21. The Morgan fingerprint density at radius 1 is 0.950 bits per heavy atom. The molecule has 0 spiro atoms. The summed E-state index contributed by atoms with van der Waals surface area (Å²) in [6, 6.07) is 8.29. The van der Waals surface area contributed by atoms with Gasteiger partial charge in [-0.2, -0.15) is 0 Å². The average Bonchev–Trinajstić information content (AvgIpc) is 2.39. The maximum atomic E-state index is 5.74. The van der Waals surface area contributed by atoms with E-state index in [4.69, 9.17) is 5.73 Å². The van der Waals surface area contributed by atoms with Gasteiger partial charge in [-0.3, -0.25) is 0 Å². The second kappa shape index (κ2) is 4.77. The lowest BCUT2D eigenvalue weighted by molar-refractivity contribution is -0.0514. The SMILES string of the molecule is Nc1ccc(CNCC23CC4CC(CC(C4)C2)C3)cc1. The summed E-state index contributed by atoms with van der Waals surface area (Å²) in [4.78, 5) is 0. The number of hydrogen-bond donors (Lipinski definition) is 2. The lowest BCUT2D eigenvalue weighted by Gasteiger charge is -2.57. The zero-order chi connectivity index (χ0) is 13.6. The Labute approximate surface area is 122 Å². The Morgan fingerprint density at radius 3 is 2.05 bits per heavy atom. The molecule has 20 heavy (non-hydrogen) atoms. The third-order valence-electron chi connectivity index (χ3n) is 5.97. The zero-order valence-electron chi connectivity index (χ0n) is 12.3. The fourth-order valence-electron chi connectivity index (χ4n) is 5.61. The Bertz CT molecular complexity index is 441. The molecule has 4 bridgehead atoms. The van der Waals surface area contributed by atoms with Crippen LogP contribution in [0.15, 0.2) is 24.3 Å². The molecule has 4 aliphatic carbocycles. The van der Waals surface area contributed by atoms with Crippen LogP contribution < -0.4 is 11.1 Å². The predicted molar refractivity (Wildman–Crippen MR) is 83.2 cm³/mol. The van der Waals surface area contributed by atoms with Crippen LogP contribution in [0.2, 0.25) is 0 Å². The van der Waals surface area contributed by atoms with E-state index in [1.54, 1.807) is 0 Å². The molecule has 0 heterocycles. The van der Waals surface area contributed by atoms with Gasteiger partial charge in [0.05, 0.1) is 0 Å². The fourth-order valence-corrected chi connectivity index (χ4v) is 5.61. The Hall–Kier alpha value is -1.02. The van der Waals surface area contributed by atoms with Gasteiger partial charge in [-0.15, -0.1) is 0 Å². The number of anilines is 1. The van der Waals surface area contributed by atoms with Gasteiger partial charge < -0.3 is 11.1 Å². The summed E-state index contributed by atoms with van der Waals surface area (Å²) in [5.74, 6) is 3.17. The highest BCUT2D eigenvalue weighted by Crippen LogP contribution is 2.59. The number of nitrogen functional groups attached to an aromatic ring is 1. The minimum absolute atomic E-state index is 0.641. The lowest BCUT2D eigenvalue weighted by atomic mass is 9.49. The molecule has 0 amide bonds. The molecule has 0 aliphatic heterocycles. The lowest BCUT2D eigenvalue weighted by Crippen LogP contribution is -2.50. The van der Waals surface area contributed by atoms with Crippen molar-refractivity contribution in [3.63, 3.8) is 0 Å². The molecule has 2 heteroatoms.